The Morgan fingerprint density at radius 3 is 2.40 bits per heavy atom. The van der Waals surface area contributed by atoms with Crippen LogP contribution in [0.3, 0.4) is 0 Å². The van der Waals surface area contributed by atoms with Crippen LogP contribution in [0.2, 0.25) is 0 Å². The van der Waals surface area contributed by atoms with Gasteiger partial charge in [-0.3, -0.25) is 9.97 Å². The van der Waals surface area contributed by atoms with E-state index in [1.54, 1.807) is 18.7 Å². The van der Waals surface area contributed by atoms with Crippen LogP contribution in [0.1, 0.15) is 17.0 Å². The summed E-state index contributed by atoms with van der Waals surface area (Å²) in [5, 5.41) is 12.9. The van der Waals surface area contributed by atoms with Crippen LogP contribution in [0.15, 0.2) is 97.7 Å². The highest BCUT2D eigenvalue weighted by Crippen LogP contribution is 2.36. The zero-order valence-electron chi connectivity index (χ0n) is 16.5. The number of nitrogens with zero attached hydrogens (tertiary/aromatic N) is 4. The van der Waals surface area contributed by atoms with Crippen LogP contribution in [0.25, 0.3) is 22.0 Å². The van der Waals surface area contributed by atoms with Gasteiger partial charge in [-0.25, -0.2) is 4.98 Å². The van der Waals surface area contributed by atoms with Gasteiger partial charge in [0.2, 0.25) is 0 Å². The van der Waals surface area contributed by atoms with Crippen molar-refractivity contribution in [3.63, 3.8) is 0 Å². The number of benzene rings is 2. The first-order valence-corrected chi connectivity index (χ1v) is 9.72. The van der Waals surface area contributed by atoms with Crippen LogP contribution >= 0.6 is 0 Å². The highest BCUT2D eigenvalue weighted by Gasteiger charge is 2.38. The monoisotopic (exact) mass is 392 g/mol. The predicted molar refractivity (Wildman–Crippen MR) is 117 cm³/mol. The van der Waals surface area contributed by atoms with Crippen molar-refractivity contribution in [3.8, 4) is 11.1 Å². The van der Waals surface area contributed by atoms with Crippen molar-refractivity contribution in [2.24, 2.45) is 7.05 Å². The molecule has 0 aliphatic heterocycles. The summed E-state index contributed by atoms with van der Waals surface area (Å²) in [5.74, 6) is 0. The molecule has 146 valence electrons. The lowest BCUT2D eigenvalue weighted by molar-refractivity contribution is 0.113. The Labute approximate surface area is 174 Å². The standard InChI is InChI=1S/C25H20N4O/c1-29-17-26-16-24(29)25(30,23-9-5-6-12-27-23)21-10-11-22-19(14-21)13-20(15-28-22)18-7-3-2-4-8-18/h2-17,30H,1H3. The Bertz CT molecular complexity index is 1320. The molecule has 0 amide bonds. The third kappa shape index (κ3) is 2.96. The fraction of sp³-hybridized carbons (Fsp3) is 0.0800. The van der Waals surface area contributed by atoms with Crippen molar-refractivity contribution in [2.75, 3.05) is 0 Å². The summed E-state index contributed by atoms with van der Waals surface area (Å²) in [4.78, 5) is 13.3. The molecular formula is C25H20N4O. The fourth-order valence-corrected chi connectivity index (χ4v) is 3.85. The SMILES string of the molecule is Cn1cncc1C(O)(c1ccc2ncc(-c3ccccc3)cc2c1)c1ccccn1. The van der Waals surface area contributed by atoms with E-state index in [-0.39, 0.29) is 0 Å². The van der Waals surface area contributed by atoms with E-state index in [1.165, 1.54) is 0 Å². The Morgan fingerprint density at radius 1 is 0.833 bits per heavy atom. The van der Waals surface area contributed by atoms with Crippen molar-refractivity contribution >= 4 is 10.9 Å². The van der Waals surface area contributed by atoms with Gasteiger partial charge in [-0.05, 0) is 41.5 Å². The predicted octanol–water partition coefficient (Wildman–Crippen LogP) is 4.31. The molecule has 3 heterocycles. The minimum absolute atomic E-state index is 0.542. The number of pyridine rings is 2. The lowest BCUT2D eigenvalue weighted by atomic mass is 9.86. The lowest BCUT2D eigenvalue weighted by Gasteiger charge is -2.28. The second kappa shape index (κ2) is 7.21. The molecule has 0 spiro atoms. The molecule has 3 aromatic heterocycles. The fourth-order valence-electron chi connectivity index (χ4n) is 3.85. The number of hydrogen-bond acceptors (Lipinski definition) is 4. The zero-order chi connectivity index (χ0) is 20.6. The molecule has 2 aromatic carbocycles. The van der Waals surface area contributed by atoms with Gasteiger partial charge in [-0.15, -0.1) is 0 Å². The summed E-state index contributed by atoms with van der Waals surface area (Å²) in [6.07, 6.45) is 6.92. The maximum Gasteiger partial charge on any atom is 0.173 e. The Hall–Kier alpha value is -3.83. The summed E-state index contributed by atoms with van der Waals surface area (Å²) >= 11 is 0. The van der Waals surface area contributed by atoms with Gasteiger partial charge in [0.25, 0.3) is 0 Å². The van der Waals surface area contributed by atoms with E-state index in [0.29, 0.717) is 17.0 Å². The van der Waals surface area contributed by atoms with E-state index < -0.39 is 5.60 Å². The van der Waals surface area contributed by atoms with Crippen molar-refractivity contribution in [1.82, 2.24) is 19.5 Å². The first kappa shape index (κ1) is 18.2. The molecule has 1 unspecified atom stereocenters. The summed E-state index contributed by atoms with van der Waals surface area (Å²) in [5.41, 5.74) is 3.46. The maximum absolute atomic E-state index is 12.0. The van der Waals surface area contributed by atoms with Crippen LogP contribution in [-0.2, 0) is 12.6 Å². The molecule has 0 saturated heterocycles. The largest absolute Gasteiger partial charge is 0.373 e. The zero-order valence-corrected chi connectivity index (χ0v) is 16.5. The van der Waals surface area contributed by atoms with Crippen molar-refractivity contribution in [3.05, 3.63) is 115 Å². The lowest BCUT2D eigenvalue weighted by Crippen LogP contribution is -2.32. The maximum atomic E-state index is 12.0. The molecule has 0 aliphatic rings. The molecule has 0 radical (unpaired) electrons. The average Bonchev–Trinajstić information content (AvgIpc) is 3.25. The van der Waals surface area contributed by atoms with Crippen molar-refractivity contribution in [2.45, 2.75) is 5.60 Å². The summed E-state index contributed by atoms with van der Waals surface area (Å²) < 4.78 is 1.82. The summed E-state index contributed by atoms with van der Waals surface area (Å²) in [7, 11) is 1.87. The highest BCUT2D eigenvalue weighted by atomic mass is 16.3. The summed E-state index contributed by atoms with van der Waals surface area (Å²) in [6, 6.07) is 23.6. The number of fused-ring (bicyclic) bond motifs is 1. The first-order valence-electron chi connectivity index (χ1n) is 9.72. The molecule has 0 bridgehead atoms. The Balaban J connectivity index is 1.72. The van der Waals surface area contributed by atoms with Crippen molar-refractivity contribution < 1.29 is 5.11 Å². The molecule has 0 aliphatic carbocycles. The van der Waals surface area contributed by atoms with E-state index >= 15 is 0 Å². The van der Waals surface area contributed by atoms with E-state index in [9.17, 15) is 5.11 Å². The van der Waals surface area contributed by atoms with Gasteiger partial charge in [-0.1, -0.05) is 42.5 Å². The molecule has 1 atom stereocenters. The molecule has 0 saturated carbocycles. The van der Waals surface area contributed by atoms with Crippen molar-refractivity contribution in [1.29, 1.82) is 0 Å². The van der Waals surface area contributed by atoms with Gasteiger partial charge in [0.15, 0.2) is 5.60 Å². The second-order valence-corrected chi connectivity index (χ2v) is 7.31. The van der Waals surface area contributed by atoms with E-state index in [0.717, 1.165) is 22.0 Å². The van der Waals surface area contributed by atoms with Gasteiger partial charge < -0.3 is 9.67 Å². The van der Waals surface area contributed by atoms with Crippen LogP contribution in [0, 0.1) is 0 Å². The quantitative estimate of drug-likeness (QED) is 0.495. The van der Waals surface area contributed by atoms with Crippen LogP contribution in [-0.4, -0.2) is 24.6 Å². The van der Waals surface area contributed by atoms with E-state index in [4.69, 9.17) is 0 Å². The number of aryl methyl sites for hydroxylation is 1. The van der Waals surface area contributed by atoms with E-state index in [2.05, 4.69) is 33.2 Å². The normalized spacial score (nSPS) is 13.3. The van der Waals surface area contributed by atoms with Gasteiger partial charge in [0.1, 0.15) is 0 Å². The number of imidazole rings is 1. The number of rotatable bonds is 4. The molecule has 5 rings (SSSR count). The molecule has 0 fully saturated rings. The first-order chi connectivity index (χ1) is 14.7. The number of aromatic nitrogens is 4. The number of hydrogen-bond donors (Lipinski definition) is 1. The minimum Gasteiger partial charge on any atom is -0.373 e. The molecule has 30 heavy (non-hydrogen) atoms. The van der Waals surface area contributed by atoms with Crippen LogP contribution in [0.4, 0.5) is 0 Å². The van der Waals surface area contributed by atoms with Gasteiger partial charge in [0, 0.05) is 30.4 Å². The molecule has 5 heteroatoms. The topological polar surface area (TPSA) is 63.8 Å². The Kier molecular flexibility index (Phi) is 4.38. The molecular weight excluding hydrogens is 372 g/mol. The molecule has 5 nitrogen and oxygen atoms in total. The third-order valence-corrected chi connectivity index (χ3v) is 5.43. The van der Waals surface area contributed by atoms with E-state index in [1.807, 2.05) is 72.4 Å². The average molecular weight is 392 g/mol. The number of aliphatic hydroxyl groups is 1. The minimum atomic E-state index is -1.44. The van der Waals surface area contributed by atoms with Gasteiger partial charge >= 0.3 is 0 Å². The Morgan fingerprint density at radius 2 is 1.67 bits per heavy atom. The highest BCUT2D eigenvalue weighted by molar-refractivity contribution is 5.84. The second-order valence-electron chi connectivity index (χ2n) is 7.31. The molecule has 1 N–H and O–H groups in total. The summed E-state index contributed by atoms with van der Waals surface area (Å²) in [6.45, 7) is 0. The van der Waals surface area contributed by atoms with Gasteiger partial charge in [0.05, 0.1) is 29.4 Å². The van der Waals surface area contributed by atoms with Crippen LogP contribution in [0.5, 0.6) is 0 Å². The van der Waals surface area contributed by atoms with Gasteiger partial charge in [-0.2, -0.15) is 0 Å². The smallest absolute Gasteiger partial charge is 0.173 e. The van der Waals surface area contributed by atoms with Crippen LogP contribution < -0.4 is 0 Å². The third-order valence-electron chi connectivity index (χ3n) is 5.43. The molecule has 5 aromatic rings.